The van der Waals surface area contributed by atoms with Gasteiger partial charge in [-0.05, 0) is 35.5 Å². The summed E-state index contributed by atoms with van der Waals surface area (Å²) in [7, 11) is 0. The molecule has 0 aromatic heterocycles. The summed E-state index contributed by atoms with van der Waals surface area (Å²) in [5.74, 6) is -0.240. The molecule has 7 heteroatoms. The third kappa shape index (κ3) is 3.78. The molecule has 0 saturated carbocycles. The molecule has 1 aromatic rings. The summed E-state index contributed by atoms with van der Waals surface area (Å²) in [5, 5.41) is 16.3. The molecule has 2 N–H and O–H groups in total. The standard InChI is InChI=1S/C11H14BrN3O3/c1-3-13-6-11(16)14-9-5-10(15(17)18)7(2)4-8(9)12/h4-5,13H,3,6H2,1-2H3,(H,14,16). The van der Waals surface area contributed by atoms with Crippen molar-refractivity contribution in [1.29, 1.82) is 0 Å². The van der Waals surface area contributed by atoms with Crippen molar-refractivity contribution < 1.29 is 9.72 Å². The van der Waals surface area contributed by atoms with Crippen LogP contribution in [-0.2, 0) is 4.79 Å². The van der Waals surface area contributed by atoms with E-state index in [1.54, 1.807) is 13.0 Å². The van der Waals surface area contributed by atoms with Gasteiger partial charge in [-0.2, -0.15) is 0 Å². The van der Waals surface area contributed by atoms with Crippen molar-refractivity contribution in [2.24, 2.45) is 0 Å². The largest absolute Gasteiger partial charge is 0.324 e. The fourth-order valence-corrected chi connectivity index (χ4v) is 1.94. The molecular formula is C11H14BrN3O3. The number of aryl methyl sites for hydroxylation is 1. The number of nitro benzene ring substituents is 1. The molecule has 0 aliphatic heterocycles. The van der Waals surface area contributed by atoms with Crippen LogP contribution in [0.1, 0.15) is 12.5 Å². The van der Waals surface area contributed by atoms with Crippen LogP contribution in [0.2, 0.25) is 0 Å². The van der Waals surface area contributed by atoms with E-state index in [1.165, 1.54) is 6.07 Å². The van der Waals surface area contributed by atoms with E-state index in [1.807, 2.05) is 6.92 Å². The average Bonchev–Trinajstić information content (AvgIpc) is 2.29. The molecule has 1 aromatic carbocycles. The minimum absolute atomic E-state index is 0.0167. The molecule has 98 valence electrons. The van der Waals surface area contributed by atoms with Gasteiger partial charge in [-0.15, -0.1) is 0 Å². The Labute approximate surface area is 113 Å². The molecule has 0 unspecified atom stereocenters. The fraction of sp³-hybridized carbons (Fsp3) is 0.364. The van der Waals surface area contributed by atoms with Crippen molar-refractivity contribution >= 4 is 33.2 Å². The third-order valence-electron chi connectivity index (χ3n) is 2.29. The Bertz CT molecular complexity index is 477. The van der Waals surface area contributed by atoms with E-state index in [0.29, 0.717) is 22.3 Å². The zero-order valence-corrected chi connectivity index (χ0v) is 11.7. The van der Waals surface area contributed by atoms with Crippen LogP contribution in [0.3, 0.4) is 0 Å². The van der Waals surface area contributed by atoms with Crippen LogP contribution in [0.15, 0.2) is 16.6 Å². The zero-order valence-electron chi connectivity index (χ0n) is 10.1. The smallest absolute Gasteiger partial charge is 0.274 e. The monoisotopic (exact) mass is 315 g/mol. The molecule has 0 fully saturated rings. The first-order valence-corrected chi connectivity index (χ1v) is 6.20. The number of nitrogens with one attached hydrogen (secondary N) is 2. The Morgan fingerprint density at radius 3 is 2.72 bits per heavy atom. The second kappa shape index (κ2) is 6.46. The normalized spacial score (nSPS) is 10.2. The lowest BCUT2D eigenvalue weighted by Crippen LogP contribution is -2.27. The highest BCUT2D eigenvalue weighted by molar-refractivity contribution is 9.10. The molecule has 18 heavy (non-hydrogen) atoms. The lowest BCUT2D eigenvalue weighted by molar-refractivity contribution is -0.385. The quantitative estimate of drug-likeness (QED) is 0.644. The topological polar surface area (TPSA) is 84.3 Å². The van der Waals surface area contributed by atoms with Crippen LogP contribution in [0.25, 0.3) is 0 Å². The summed E-state index contributed by atoms with van der Waals surface area (Å²) in [4.78, 5) is 21.9. The Kier molecular flexibility index (Phi) is 5.24. The highest BCUT2D eigenvalue weighted by Crippen LogP contribution is 2.30. The van der Waals surface area contributed by atoms with Gasteiger partial charge in [0.2, 0.25) is 5.91 Å². The van der Waals surface area contributed by atoms with E-state index < -0.39 is 4.92 Å². The minimum atomic E-state index is -0.471. The van der Waals surface area contributed by atoms with E-state index in [4.69, 9.17) is 0 Å². The number of nitrogens with zero attached hydrogens (tertiary/aromatic N) is 1. The zero-order chi connectivity index (χ0) is 13.7. The van der Waals surface area contributed by atoms with Crippen LogP contribution < -0.4 is 10.6 Å². The maximum atomic E-state index is 11.5. The Morgan fingerprint density at radius 2 is 2.17 bits per heavy atom. The molecule has 1 amide bonds. The second-order valence-corrected chi connectivity index (χ2v) is 4.56. The first kappa shape index (κ1) is 14.6. The maximum absolute atomic E-state index is 11.5. The molecule has 0 atom stereocenters. The summed E-state index contributed by atoms with van der Waals surface area (Å²) >= 11 is 3.27. The summed E-state index contributed by atoms with van der Waals surface area (Å²) < 4.78 is 0.621. The highest BCUT2D eigenvalue weighted by atomic mass is 79.9. The van der Waals surface area contributed by atoms with Gasteiger partial charge in [-0.1, -0.05) is 6.92 Å². The minimum Gasteiger partial charge on any atom is -0.324 e. The Morgan fingerprint density at radius 1 is 1.50 bits per heavy atom. The fourth-order valence-electron chi connectivity index (χ4n) is 1.39. The molecule has 1 rings (SSSR count). The van der Waals surface area contributed by atoms with Gasteiger partial charge < -0.3 is 10.6 Å². The van der Waals surface area contributed by atoms with Crippen LogP contribution in [-0.4, -0.2) is 23.9 Å². The van der Waals surface area contributed by atoms with Gasteiger partial charge in [0.1, 0.15) is 0 Å². The predicted octanol–water partition coefficient (Wildman–Crippen LogP) is 2.21. The first-order chi connectivity index (χ1) is 8.45. The molecular weight excluding hydrogens is 302 g/mol. The number of likely N-dealkylation sites (N-methyl/N-ethyl adjacent to an activating group) is 1. The SMILES string of the molecule is CCNCC(=O)Nc1cc([N+](=O)[O-])c(C)cc1Br. The predicted molar refractivity (Wildman–Crippen MR) is 72.7 cm³/mol. The molecule has 0 spiro atoms. The molecule has 6 nitrogen and oxygen atoms in total. The van der Waals surface area contributed by atoms with Gasteiger partial charge in [-0.3, -0.25) is 14.9 Å². The number of hydrogen-bond acceptors (Lipinski definition) is 4. The van der Waals surface area contributed by atoms with E-state index in [2.05, 4.69) is 26.6 Å². The van der Waals surface area contributed by atoms with Crippen molar-refractivity contribution in [3.8, 4) is 0 Å². The molecule has 0 radical (unpaired) electrons. The maximum Gasteiger partial charge on any atom is 0.274 e. The number of benzene rings is 1. The van der Waals surface area contributed by atoms with E-state index in [0.717, 1.165) is 0 Å². The van der Waals surface area contributed by atoms with Crippen LogP contribution in [0, 0.1) is 17.0 Å². The average molecular weight is 316 g/mol. The number of hydrogen-bond donors (Lipinski definition) is 2. The molecule has 0 heterocycles. The first-order valence-electron chi connectivity index (χ1n) is 5.40. The number of halogens is 1. The van der Waals surface area contributed by atoms with Crippen molar-refractivity contribution in [3.63, 3.8) is 0 Å². The van der Waals surface area contributed by atoms with Crippen molar-refractivity contribution in [1.82, 2.24) is 5.32 Å². The van der Waals surface area contributed by atoms with E-state index in [9.17, 15) is 14.9 Å². The summed E-state index contributed by atoms with van der Waals surface area (Å²) in [6.07, 6.45) is 0. The third-order valence-corrected chi connectivity index (χ3v) is 2.95. The van der Waals surface area contributed by atoms with Crippen LogP contribution >= 0.6 is 15.9 Å². The number of anilines is 1. The molecule has 0 saturated heterocycles. The second-order valence-electron chi connectivity index (χ2n) is 3.70. The summed E-state index contributed by atoms with van der Waals surface area (Å²) in [6, 6.07) is 2.96. The highest BCUT2D eigenvalue weighted by Gasteiger charge is 2.15. The number of nitro groups is 1. The molecule has 0 aliphatic rings. The Hall–Kier alpha value is -1.47. The number of amides is 1. The van der Waals surface area contributed by atoms with E-state index in [-0.39, 0.29) is 18.1 Å². The van der Waals surface area contributed by atoms with Crippen molar-refractivity contribution in [2.45, 2.75) is 13.8 Å². The van der Waals surface area contributed by atoms with Gasteiger partial charge in [-0.25, -0.2) is 0 Å². The van der Waals surface area contributed by atoms with Gasteiger partial charge >= 0.3 is 0 Å². The number of carbonyl (C=O) groups excluding carboxylic acids is 1. The number of carbonyl (C=O) groups is 1. The van der Waals surface area contributed by atoms with Crippen LogP contribution in [0.5, 0.6) is 0 Å². The van der Waals surface area contributed by atoms with E-state index >= 15 is 0 Å². The summed E-state index contributed by atoms with van der Waals surface area (Å²) in [5.41, 5.74) is 0.920. The van der Waals surface area contributed by atoms with Crippen molar-refractivity contribution in [3.05, 3.63) is 32.3 Å². The molecule has 0 aliphatic carbocycles. The van der Waals surface area contributed by atoms with Crippen LogP contribution in [0.4, 0.5) is 11.4 Å². The van der Waals surface area contributed by atoms with Gasteiger partial charge in [0.05, 0.1) is 17.2 Å². The summed E-state index contributed by atoms with van der Waals surface area (Å²) in [6.45, 7) is 4.39. The lowest BCUT2D eigenvalue weighted by atomic mass is 10.2. The van der Waals surface area contributed by atoms with Gasteiger partial charge in [0.25, 0.3) is 5.69 Å². The molecule has 0 bridgehead atoms. The van der Waals surface area contributed by atoms with Gasteiger partial charge in [0.15, 0.2) is 0 Å². The van der Waals surface area contributed by atoms with Gasteiger partial charge in [0, 0.05) is 16.1 Å². The lowest BCUT2D eigenvalue weighted by Gasteiger charge is -2.08. The van der Waals surface area contributed by atoms with Crippen molar-refractivity contribution in [2.75, 3.05) is 18.4 Å². The Balaban J connectivity index is 2.92. The number of rotatable bonds is 5.